The first kappa shape index (κ1) is 8.87. The highest BCUT2D eigenvalue weighted by molar-refractivity contribution is 5.42. The van der Waals surface area contributed by atoms with E-state index >= 15 is 0 Å². The Bertz CT molecular complexity index is 231. The molecule has 0 amide bonds. The lowest BCUT2D eigenvalue weighted by Gasteiger charge is -1.91. The van der Waals surface area contributed by atoms with Crippen LogP contribution in [0.1, 0.15) is 12.1 Å². The lowest BCUT2D eigenvalue weighted by atomic mass is 10.3. The maximum Gasteiger partial charge on any atom is 0.0809 e. The van der Waals surface area contributed by atoms with Gasteiger partial charge >= 0.3 is 0 Å². The summed E-state index contributed by atoms with van der Waals surface area (Å²) in [6.07, 6.45) is 10.2. The molecule has 0 unspecified atom stereocenters. The van der Waals surface area contributed by atoms with E-state index in [0.717, 1.165) is 18.7 Å². The Morgan fingerprint density at radius 2 is 2.42 bits per heavy atom. The fourth-order valence-electron chi connectivity index (χ4n) is 0.828. The quantitative estimate of drug-likeness (QED) is 0.675. The van der Waals surface area contributed by atoms with Crippen LogP contribution in [0.4, 0.5) is 0 Å². The molecule has 1 rings (SSSR count). The summed E-state index contributed by atoms with van der Waals surface area (Å²) in [5.41, 5.74) is 0.911. The second-order valence-electron chi connectivity index (χ2n) is 2.42. The highest BCUT2D eigenvalue weighted by atomic mass is 14.8. The van der Waals surface area contributed by atoms with Crippen molar-refractivity contribution in [1.82, 2.24) is 15.3 Å². The third-order valence-electron chi connectivity index (χ3n) is 1.43. The number of nitrogens with one attached hydrogen (secondary N) is 1. The van der Waals surface area contributed by atoms with Crippen LogP contribution in [0.2, 0.25) is 0 Å². The predicted octanol–water partition coefficient (Wildman–Crippen LogP) is 1.10. The van der Waals surface area contributed by atoms with Crippen molar-refractivity contribution in [1.29, 1.82) is 0 Å². The second kappa shape index (κ2) is 5.43. The summed E-state index contributed by atoms with van der Waals surface area (Å²) < 4.78 is 0. The number of rotatable bonds is 4. The van der Waals surface area contributed by atoms with E-state index in [2.05, 4.69) is 21.4 Å². The minimum atomic E-state index is 0.911. The van der Waals surface area contributed by atoms with Gasteiger partial charge in [0.05, 0.1) is 11.9 Å². The van der Waals surface area contributed by atoms with E-state index in [1.807, 2.05) is 13.1 Å². The Morgan fingerprint density at radius 1 is 1.50 bits per heavy atom. The molecular weight excluding hydrogens is 150 g/mol. The Kier molecular flexibility index (Phi) is 4.02. The molecule has 1 N–H and O–H groups in total. The van der Waals surface area contributed by atoms with Gasteiger partial charge in [0, 0.05) is 12.4 Å². The third-order valence-corrected chi connectivity index (χ3v) is 1.43. The Labute approximate surface area is 72.6 Å². The number of hydrogen-bond acceptors (Lipinski definition) is 3. The summed E-state index contributed by atoms with van der Waals surface area (Å²) in [5.74, 6) is 0. The summed E-state index contributed by atoms with van der Waals surface area (Å²) >= 11 is 0. The summed E-state index contributed by atoms with van der Waals surface area (Å²) in [6.45, 7) is 0.997. The molecular formula is C9H13N3. The molecule has 1 heterocycles. The fraction of sp³-hybridized carbons (Fsp3) is 0.333. The first-order valence-electron chi connectivity index (χ1n) is 4.00. The average Bonchev–Trinajstić information content (AvgIpc) is 2.14. The van der Waals surface area contributed by atoms with E-state index in [1.54, 1.807) is 18.6 Å². The monoisotopic (exact) mass is 163 g/mol. The standard InChI is InChI=1S/C9H13N3/c1-10-5-3-2-4-9-8-11-6-7-12-9/h2,4,6-8,10H,3,5H2,1H3. The summed E-state index contributed by atoms with van der Waals surface area (Å²) in [4.78, 5) is 8.06. The van der Waals surface area contributed by atoms with Crippen molar-refractivity contribution in [2.45, 2.75) is 6.42 Å². The molecule has 1 aromatic heterocycles. The van der Waals surface area contributed by atoms with E-state index in [4.69, 9.17) is 0 Å². The van der Waals surface area contributed by atoms with Crippen molar-refractivity contribution in [3.63, 3.8) is 0 Å². The van der Waals surface area contributed by atoms with Crippen molar-refractivity contribution < 1.29 is 0 Å². The molecule has 1 aromatic rings. The van der Waals surface area contributed by atoms with Gasteiger partial charge in [-0.2, -0.15) is 0 Å². The smallest absolute Gasteiger partial charge is 0.0809 e. The molecule has 0 aromatic carbocycles. The maximum absolute atomic E-state index is 4.11. The molecule has 0 aliphatic carbocycles. The van der Waals surface area contributed by atoms with Gasteiger partial charge in [0.15, 0.2) is 0 Å². The van der Waals surface area contributed by atoms with Gasteiger partial charge in [-0.05, 0) is 26.1 Å². The first-order valence-corrected chi connectivity index (χ1v) is 4.00. The van der Waals surface area contributed by atoms with Crippen LogP contribution in [0.25, 0.3) is 6.08 Å². The molecule has 0 aliphatic rings. The number of hydrogen-bond donors (Lipinski definition) is 1. The van der Waals surface area contributed by atoms with Crippen LogP contribution in [0, 0.1) is 0 Å². The Balaban J connectivity index is 2.36. The number of nitrogens with zero attached hydrogens (tertiary/aromatic N) is 2. The van der Waals surface area contributed by atoms with Crippen LogP contribution in [-0.4, -0.2) is 23.6 Å². The van der Waals surface area contributed by atoms with E-state index in [9.17, 15) is 0 Å². The van der Waals surface area contributed by atoms with Crippen molar-refractivity contribution in [2.75, 3.05) is 13.6 Å². The van der Waals surface area contributed by atoms with Gasteiger partial charge in [0.25, 0.3) is 0 Å². The van der Waals surface area contributed by atoms with Crippen LogP contribution >= 0.6 is 0 Å². The molecule has 0 radical (unpaired) electrons. The lowest BCUT2D eigenvalue weighted by molar-refractivity contribution is 0.809. The van der Waals surface area contributed by atoms with Gasteiger partial charge in [-0.1, -0.05) is 6.08 Å². The highest BCUT2D eigenvalue weighted by Crippen LogP contribution is 1.94. The molecule has 0 saturated carbocycles. The molecule has 0 spiro atoms. The molecule has 0 fully saturated rings. The van der Waals surface area contributed by atoms with Crippen LogP contribution in [0.3, 0.4) is 0 Å². The van der Waals surface area contributed by atoms with E-state index < -0.39 is 0 Å². The third kappa shape index (κ3) is 3.25. The zero-order valence-electron chi connectivity index (χ0n) is 7.20. The molecule has 12 heavy (non-hydrogen) atoms. The van der Waals surface area contributed by atoms with Crippen molar-refractivity contribution in [2.24, 2.45) is 0 Å². The first-order chi connectivity index (χ1) is 5.93. The lowest BCUT2D eigenvalue weighted by Crippen LogP contribution is -2.05. The minimum absolute atomic E-state index is 0.911. The van der Waals surface area contributed by atoms with Gasteiger partial charge in [0.1, 0.15) is 0 Å². The van der Waals surface area contributed by atoms with Gasteiger partial charge < -0.3 is 5.32 Å². The van der Waals surface area contributed by atoms with Gasteiger partial charge in [0.2, 0.25) is 0 Å². The van der Waals surface area contributed by atoms with E-state index in [-0.39, 0.29) is 0 Å². The predicted molar refractivity (Wildman–Crippen MR) is 49.6 cm³/mol. The zero-order chi connectivity index (χ0) is 8.65. The second-order valence-corrected chi connectivity index (χ2v) is 2.42. The normalized spacial score (nSPS) is 10.8. The minimum Gasteiger partial charge on any atom is -0.319 e. The SMILES string of the molecule is CNCCC=Cc1cnccn1. The molecule has 0 bridgehead atoms. The molecule has 3 heteroatoms. The van der Waals surface area contributed by atoms with Crippen molar-refractivity contribution in [3.8, 4) is 0 Å². The average molecular weight is 163 g/mol. The summed E-state index contributed by atoms with van der Waals surface area (Å²) in [6, 6.07) is 0. The van der Waals surface area contributed by atoms with E-state index in [0.29, 0.717) is 0 Å². The van der Waals surface area contributed by atoms with Crippen LogP contribution in [0.5, 0.6) is 0 Å². The topological polar surface area (TPSA) is 37.8 Å². The molecule has 0 aliphatic heterocycles. The van der Waals surface area contributed by atoms with Crippen LogP contribution < -0.4 is 5.32 Å². The molecule has 0 saturated heterocycles. The van der Waals surface area contributed by atoms with Crippen LogP contribution in [0.15, 0.2) is 24.7 Å². The van der Waals surface area contributed by atoms with Gasteiger partial charge in [-0.15, -0.1) is 0 Å². The Morgan fingerprint density at radius 3 is 3.08 bits per heavy atom. The zero-order valence-corrected chi connectivity index (χ0v) is 7.20. The summed E-state index contributed by atoms with van der Waals surface area (Å²) in [7, 11) is 1.94. The molecule has 64 valence electrons. The fourth-order valence-corrected chi connectivity index (χ4v) is 0.828. The van der Waals surface area contributed by atoms with Crippen LogP contribution in [-0.2, 0) is 0 Å². The van der Waals surface area contributed by atoms with E-state index in [1.165, 1.54) is 0 Å². The van der Waals surface area contributed by atoms with Crippen molar-refractivity contribution in [3.05, 3.63) is 30.4 Å². The summed E-state index contributed by atoms with van der Waals surface area (Å²) in [5, 5.41) is 3.07. The maximum atomic E-state index is 4.11. The van der Waals surface area contributed by atoms with Crippen molar-refractivity contribution >= 4 is 6.08 Å². The molecule has 3 nitrogen and oxygen atoms in total. The Hall–Kier alpha value is -1.22. The number of aromatic nitrogens is 2. The molecule has 0 atom stereocenters. The van der Waals surface area contributed by atoms with Gasteiger partial charge in [-0.3, -0.25) is 9.97 Å². The van der Waals surface area contributed by atoms with Gasteiger partial charge in [-0.25, -0.2) is 0 Å². The largest absolute Gasteiger partial charge is 0.319 e. The highest BCUT2D eigenvalue weighted by Gasteiger charge is 1.83.